The minimum absolute atomic E-state index is 0.557. The number of hydrogen-bond donors (Lipinski definition) is 2. The number of aryl methyl sites for hydroxylation is 3. The second kappa shape index (κ2) is 6.99. The molecule has 4 nitrogen and oxygen atoms in total. The number of anilines is 3. The molecule has 122 valence electrons. The van der Waals surface area contributed by atoms with Gasteiger partial charge in [0.25, 0.3) is 0 Å². The van der Waals surface area contributed by atoms with E-state index in [1.807, 2.05) is 13.0 Å². The van der Waals surface area contributed by atoms with Crippen LogP contribution in [0.25, 0.3) is 0 Å². The van der Waals surface area contributed by atoms with Crippen molar-refractivity contribution in [3.8, 4) is 0 Å². The third-order valence-corrected chi connectivity index (χ3v) is 4.54. The number of nitrogens with one attached hydrogen (secondary N) is 2. The Hall–Kier alpha value is -2.10. The number of nitrogens with zero attached hydrogens (tertiary/aromatic N) is 2. The van der Waals surface area contributed by atoms with E-state index in [1.165, 1.54) is 42.5 Å². The molecule has 3 rings (SSSR count). The van der Waals surface area contributed by atoms with E-state index < -0.39 is 0 Å². The molecule has 23 heavy (non-hydrogen) atoms. The Morgan fingerprint density at radius 1 is 1.09 bits per heavy atom. The van der Waals surface area contributed by atoms with Gasteiger partial charge in [0, 0.05) is 17.8 Å². The summed E-state index contributed by atoms with van der Waals surface area (Å²) in [5.74, 6) is 2.59. The summed E-state index contributed by atoms with van der Waals surface area (Å²) in [4.78, 5) is 9.10. The topological polar surface area (TPSA) is 49.8 Å². The molecule has 1 heterocycles. The van der Waals surface area contributed by atoms with Crippen LogP contribution in [-0.2, 0) is 6.42 Å². The van der Waals surface area contributed by atoms with E-state index in [4.69, 9.17) is 0 Å². The zero-order valence-corrected chi connectivity index (χ0v) is 14.3. The smallest absolute Gasteiger partial charge is 0.136 e. The average Bonchev–Trinajstić information content (AvgIpc) is 3.01. The monoisotopic (exact) mass is 310 g/mol. The van der Waals surface area contributed by atoms with Crippen LogP contribution in [0.5, 0.6) is 0 Å². The highest BCUT2D eigenvalue weighted by molar-refractivity contribution is 5.66. The van der Waals surface area contributed by atoms with Crippen LogP contribution in [0, 0.1) is 13.8 Å². The number of para-hydroxylation sites is 1. The van der Waals surface area contributed by atoms with Crippen LogP contribution < -0.4 is 10.6 Å². The fraction of sp³-hybridized carbons (Fsp3) is 0.474. The van der Waals surface area contributed by atoms with Gasteiger partial charge >= 0.3 is 0 Å². The molecule has 2 N–H and O–H groups in total. The predicted octanol–water partition coefficient (Wildman–Crippen LogP) is 4.75. The first kappa shape index (κ1) is 15.8. The molecule has 0 radical (unpaired) electrons. The van der Waals surface area contributed by atoms with E-state index in [0.29, 0.717) is 6.04 Å². The lowest BCUT2D eigenvalue weighted by Gasteiger charge is -2.16. The summed E-state index contributed by atoms with van der Waals surface area (Å²) in [7, 11) is 0. The van der Waals surface area contributed by atoms with E-state index >= 15 is 0 Å². The third-order valence-electron chi connectivity index (χ3n) is 4.54. The van der Waals surface area contributed by atoms with Crippen molar-refractivity contribution in [2.75, 3.05) is 10.6 Å². The Morgan fingerprint density at radius 2 is 1.83 bits per heavy atom. The Bertz CT molecular complexity index is 675. The molecule has 1 aromatic carbocycles. The maximum absolute atomic E-state index is 4.56. The second-order valence-corrected chi connectivity index (χ2v) is 6.40. The van der Waals surface area contributed by atoms with Crippen molar-refractivity contribution < 1.29 is 0 Å². The van der Waals surface area contributed by atoms with Crippen LogP contribution in [-0.4, -0.2) is 16.0 Å². The molecule has 1 aliphatic rings. The summed E-state index contributed by atoms with van der Waals surface area (Å²) in [6.07, 6.45) is 6.11. The Morgan fingerprint density at radius 3 is 2.57 bits per heavy atom. The van der Waals surface area contributed by atoms with Crippen molar-refractivity contribution in [1.82, 2.24) is 9.97 Å². The first-order valence-corrected chi connectivity index (χ1v) is 8.63. The van der Waals surface area contributed by atoms with Gasteiger partial charge in [0.05, 0.1) is 0 Å². The van der Waals surface area contributed by atoms with Crippen LogP contribution in [0.1, 0.15) is 49.6 Å². The van der Waals surface area contributed by atoms with Crippen LogP contribution in [0.3, 0.4) is 0 Å². The van der Waals surface area contributed by atoms with E-state index in [9.17, 15) is 0 Å². The quantitative estimate of drug-likeness (QED) is 0.836. The predicted molar refractivity (Wildman–Crippen MR) is 96.5 cm³/mol. The van der Waals surface area contributed by atoms with Gasteiger partial charge < -0.3 is 10.6 Å². The van der Waals surface area contributed by atoms with Gasteiger partial charge in [0.15, 0.2) is 0 Å². The normalized spacial score (nSPS) is 14.9. The van der Waals surface area contributed by atoms with Gasteiger partial charge in [-0.1, -0.05) is 38.0 Å². The number of rotatable bonds is 5. The van der Waals surface area contributed by atoms with Crippen molar-refractivity contribution in [3.63, 3.8) is 0 Å². The van der Waals surface area contributed by atoms with Crippen molar-refractivity contribution in [3.05, 3.63) is 41.2 Å². The third kappa shape index (κ3) is 3.81. The average molecular weight is 310 g/mol. The summed E-state index contributed by atoms with van der Waals surface area (Å²) in [5.41, 5.74) is 3.72. The highest BCUT2D eigenvalue weighted by Crippen LogP contribution is 2.27. The van der Waals surface area contributed by atoms with Gasteiger partial charge in [-0.05, 0) is 44.2 Å². The second-order valence-electron chi connectivity index (χ2n) is 6.40. The molecule has 1 saturated carbocycles. The van der Waals surface area contributed by atoms with Crippen molar-refractivity contribution in [2.45, 2.75) is 58.9 Å². The van der Waals surface area contributed by atoms with Crippen LogP contribution in [0.4, 0.5) is 17.3 Å². The number of aromatic nitrogens is 2. The summed E-state index contributed by atoms with van der Waals surface area (Å²) in [6.45, 7) is 6.26. The van der Waals surface area contributed by atoms with Crippen LogP contribution in [0.2, 0.25) is 0 Å². The largest absolute Gasteiger partial charge is 0.367 e. The lowest BCUT2D eigenvalue weighted by molar-refractivity contribution is 0.748. The molecular weight excluding hydrogens is 284 g/mol. The maximum Gasteiger partial charge on any atom is 0.136 e. The summed E-state index contributed by atoms with van der Waals surface area (Å²) in [5, 5.41) is 7.07. The summed E-state index contributed by atoms with van der Waals surface area (Å²) in [6, 6.07) is 8.99. The minimum Gasteiger partial charge on any atom is -0.367 e. The van der Waals surface area contributed by atoms with Gasteiger partial charge in [0.2, 0.25) is 0 Å². The molecule has 0 saturated heterocycles. The molecule has 0 bridgehead atoms. The molecule has 1 fully saturated rings. The van der Waals surface area contributed by atoms with E-state index in [0.717, 1.165) is 23.9 Å². The van der Waals surface area contributed by atoms with Gasteiger partial charge in [-0.2, -0.15) is 0 Å². The van der Waals surface area contributed by atoms with E-state index in [1.54, 1.807) is 0 Å². The fourth-order valence-electron chi connectivity index (χ4n) is 3.32. The van der Waals surface area contributed by atoms with Crippen molar-refractivity contribution >= 4 is 17.3 Å². The minimum atomic E-state index is 0.557. The fourth-order valence-corrected chi connectivity index (χ4v) is 3.32. The number of hydrogen-bond acceptors (Lipinski definition) is 4. The van der Waals surface area contributed by atoms with Crippen molar-refractivity contribution in [1.29, 1.82) is 0 Å². The molecule has 0 aliphatic heterocycles. The summed E-state index contributed by atoms with van der Waals surface area (Å²) >= 11 is 0. The van der Waals surface area contributed by atoms with Gasteiger partial charge in [-0.25, -0.2) is 9.97 Å². The lowest BCUT2D eigenvalue weighted by atomic mass is 10.1. The molecule has 4 heteroatoms. The lowest BCUT2D eigenvalue weighted by Crippen LogP contribution is -2.16. The SMILES string of the molecule is CCc1cccc(C)c1Nc1cc(NC2CCCC2)nc(C)n1. The van der Waals surface area contributed by atoms with E-state index in [-0.39, 0.29) is 0 Å². The number of benzene rings is 1. The van der Waals surface area contributed by atoms with Crippen LogP contribution in [0.15, 0.2) is 24.3 Å². The first-order chi connectivity index (χ1) is 11.2. The molecule has 0 atom stereocenters. The van der Waals surface area contributed by atoms with Gasteiger partial charge in [-0.15, -0.1) is 0 Å². The standard InChI is InChI=1S/C19H26N4/c1-4-15-9-7-8-13(2)19(15)23-18-12-17(20-14(3)21-18)22-16-10-5-6-11-16/h7-9,12,16H,4-6,10-11H2,1-3H3,(H2,20,21,22,23). The molecule has 0 spiro atoms. The highest BCUT2D eigenvalue weighted by Gasteiger charge is 2.16. The summed E-state index contributed by atoms with van der Waals surface area (Å²) < 4.78 is 0. The Labute approximate surface area is 138 Å². The Kier molecular flexibility index (Phi) is 4.79. The van der Waals surface area contributed by atoms with Crippen LogP contribution >= 0.6 is 0 Å². The van der Waals surface area contributed by atoms with Crippen molar-refractivity contribution in [2.24, 2.45) is 0 Å². The Balaban J connectivity index is 1.84. The van der Waals surface area contributed by atoms with Gasteiger partial charge in [-0.3, -0.25) is 0 Å². The molecular formula is C19H26N4. The molecule has 1 aliphatic carbocycles. The zero-order chi connectivity index (χ0) is 16.2. The zero-order valence-electron chi connectivity index (χ0n) is 14.3. The first-order valence-electron chi connectivity index (χ1n) is 8.63. The molecule has 0 unspecified atom stereocenters. The maximum atomic E-state index is 4.56. The molecule has 0 amide bonds. The molecule has 1 aromatic heterocycles. The highest BCUT2D eigenvalue weighted by atomic mass is 15.1. The van der Waals surface area contributed by atoms with E-state index in [2.05, 4.69) is 52.6 Å². The van der Waals surface area contributed by atoms with Gasteiger partial charge in [0.1, 0.15) is 17.5 Å². The molecule has 2 aromatic rings.